The molecule has 46 heavy (non-hydrogen) atoms. The van der Waals surface area contributed by atoms with E-state index in [0.717, 1.165) is 0 Å². The van der Waals surface area contributed by atoms with Gasteiger partial charge in [-0.1, -0.05) is 0 Å². The van der Waals surface area contributed by atoms with Gasteiger partial charge in [0.05, 0.1) is 26.4 Å². The smallest absolute Gasteiger partial charge is 0.187 e. The summed E-state index contributed by atoms with van der Waals surface area (Å²) in [6.45, 7) is -2.15. The van der Waals surface area contributed by atoms with Gasteiger partial charge in [-0.15, -0.1) is 0 Å². The van der Waals surface area contributed by atoms with Crippen molar-refractivity contribution in [2.45, 2.75) is 117 Å². The van der Waals surface area contributed by atoms with Crippen LogP contribution in [0.2, 0.25) is 0 Å². The zero-order valence-corrected chi connectivity index (χ0v) is 25.4. The molecule has 4 fully saturated rings. The van der Waals surface area contributed by atoms with Gasteiger partial charge >= 0.3 is 0 Å². The molecular formula is C26H46O20. The quantitative estimate of drug-likeness (QED) is 0.0917. The van der Waals surface area contributed by atoms with E-state index in [4.69, 9.17) is 47.4 Å². The lowest BCUT2D eigenvalue weighted by Gasteiger charge is -2.48. The molecule has 0 aromatic heterocycles. The molecule has 20 heteroatoms. The Balaban J connectivity index is 1.54. The molecule has 270 valence electrons. The number of aliphatic hydroxyl groups is 10. The number of hydrogen-bond donors (Lipinski definition) is 10. The monoisotopic (exact) mass is 678 g/mol. The third kappa shape index (κ3) is 7.82. The van der Waals surface area contributed by atoms with Gasteiger partial charge in [-0.25, -0.2) is 0 Å². The first-order valence-electron chi connectivity index (χ1n) is 14.7. The Morgan fingerprint density at radius 3 is 1.57 bits per heavy atom. The highest BCUT2D eigenvalue weighted by molar-refractivity contribution is 4.96. The maximum absolute atomic E-state index is 11.2. The average Bonchev–Trinajstić information content (AvgIpc) is 3.05. The van der Waals surface area contributed by atoms with Crippen LogP contribution in [0.25, 0.3) is 0 Å². The van der Waals surface area contributed by atoms with E-state index in [9.17, 15) is 51.1 Å². The highest BCUT2D eigenvalue weighted by atomic mass is 16.8. The van der Waals surface area contributed by atoms with Crippen LogP contribution >= 0.6 is 0 Å². The molecule has 0 saturated carbocycles. The predicted octanol–water partition coefficient (Wildman–Crippen LogP) is -7.15. The summed E-state index contributed by atoms with van der Waals surface area (Å²) in [6.07, 6.45) is -28.7. The molecule has 0 aliphatic carbocycles. The van der Waals surface area contributed by atoms with E-state index < -0.39 is 137 Å². The van der Waals surface area contributed by atoms with Crippen molar-refractivity contribution >= 4 is 0 Å². The van der Waals surface area contributed by atoms with Gasteiger partial charge in [0.2, 0.25) is 0 Å². The fourth-order valence-electron chi connectivity index (χ4n) is 5.81. The van der Waals surface area contributed by atoms with Gasteiger partial charge in [0.25, 0.3) is 0 Å². The van der Waals surface area contributed by atoms with Gasteiger partial charge in [0, 0.05) is 21.3 Å². The Bertz CT molecular complexity index is 915. The summed E-state index contributed by atoms with van der Waals surface area (Å²) in [5.74, 6) is 0. The Kier molecular flexibility index (Phi) is 13.8. The summed E-state index contributed by atoms with van der Waals surface area (Å²) < 4.78 is 54.6. The van der Waals surface area contributed by atoms with Gasteiger partial charge in [0.1, 0.15) is 91.6 Å². The molecule has 0 radical (unpaired) electrons. The molecule has 4 heterocycles. The van der Waals surface area contributed by atoms with Crippen LogP contribution in [0.3, 0.4) is 0 Å². The summed E-state index contributed by atoms with van der Waals surface area (Å²) in [5.41, 5.74) is 0. The van der Waals surface area contributed by atoms with Crippen LogP contribution < -0.4 is 0 Å². The van der Waals surface area contributed by atoms with E-state index >= 15 is 0 Å². The molecule has 20 nitrogen and oxygen atoms in total. The van der Waals surface area contributed by atoms with E-state index in [1.54, 1.807) is 0 Å². The molecule has 4 aliphatic heterocycles. The van der Waals surface area contributed by atoms with E-state index in [2.05, 4.69) is 0 Å². The Morgan fingerprint density at radius 2 is 0.978 bits per heavy atom. The Hall–Kier alpha value is -0.800. The van der Waals surface area contributed by atoms with Crippen LogP contribution in [0.4, 0.5) is 0 Å². The van der Waals surface area contributed by atoms with Crippen molar-refractivity contribution in [1.29, 1.82) is 0 Å². The Labute approximate surface area is 263 Å². The first-order chi connectivity index (χ1) is 21.9. The second-order valence-corrected chi connectivity index (χ2v) is 11.4. The maximum atomic E-state index is 11.2. The lowest BCUT2D eigenvalue weighted by molar-refractivity contribution is -0.380. The fourth-order valence-corrected chi connectivity index (χ4v) is 5.81. The summed E-state index contributed by atoms with van der Waals surface area (Å²) in [7, 11) is 3.75. The van der Waals surface area contributed by atoms with Crippen molar-refractivity contribution in [1.82, 2.24) is 0 Å². The molecule has 4 aliphatic rings. The first-order valence-corrected chi connectivity index (χ1v) is 14.7. The molecule has 0 spiro atoms. The van der Waals surface area contributed by atoms with Crippen molar-refractivity contribution in [3.8, 4) is 0 Å². The minimum absolute atomic E-state index is 0.214. The van der Waals surface area contributed by atoms with Gasteiger partial charge < -0.3 is 98.4 Å². The largest absolute Gasteiger partial charge is 0.394 e. The minimum atomic E-state index is -1.93. The van der Waals surface area contributed by atoms with Crippen molar-refractivity contribution in [3.63, 3.8) is 0 Å². The minimum Gasteiger partial charge on any atom is -0.394 e. The zero-order chi connectivity index (χ0) is 33.9. The Morgan fingerprint density at radius 1 is 0.500 bits per heavy atom. The highest BCUT2D eigenvalue weighted by Gasteiger charge is 2.54. The average molecular weight is 679 g/mol. The standard InChI is InChI=1S/C26H46O20/c1-37-10-6-40-25(16(33)12(10)29)45-22-11(7-41-24-18(35)13(30)20(38-2)8(4-27)43-24)44-26(19(36)15(22)32)46-21-9(5-28)42-23(39-3)17(34)14(21)31/h8-36H,4-7H2,1-3H3/t8?,9?,10-,11?,12?,13?,14?,15?,16?,17?,18?,19?,20-,21-,22-,23+,24+,25-,26-/m1/s1. The van der Waals surface area contributed by atoms with Crippen LogP contribution in [0.5, 0.6) is 0 Å². The lowest BCUT2D eigenvalue weighted by Crippen LogP contribution is -2.66. The summed E-state index contributed by atoms with van der Waals surface area (Å²) in [5, 5.41) is 105. The summed E-state index contributed by atoms with van der Waals surface area (Å²) in [4.78, 5) is 0. The zero-order valence-electron chi connectivity index (χ0n) is 25.4. The third-order valence-corrected chi connectivity index (χ3v) is 8.53. The second-order valence-electron chi connectivity index (χ2n) is 11.4. The SMILES string of the molecule is CO[C@H]1OC(CO)[C@@H](O[C@H]2OC(CO[C@H]3OC(CO)[C@@H](OC)C(O)C3O)[C@@H](O[C@H]3OC[C@@H](OC)C(O)C3O)C(O)C2O)C(O)C1O. The molecule has 4 saturated heterocycles. The third-order valence-electron chi connectivity index (χ3n) is 8.53. The van der Waals surface area contributed by atoms with Crippen molar-refractivity contribution < 1.29 is 98.4 Å². The van der Waals surface area contributed by atoms with Crippen molar-refractivity contribution in [2.24, 2.45) is 0 Å². The fraction of sp³-hybridized carbons (Fsp3) is 1.00. The maximum Gasteiger partial charge on any atom is 0.187 e. The van der Waals surface area contributed by atoms with E-state index in [1.807, 2.05) is 0 Å². The van der Waals surface area contributed by atoms with Gasteiger partial charge in [0.15, 0.2) is 25.2 Å². The number of hydrogen-bond acceptors (Lipinski definition) is 20. The van der Waals surface area contributed by atoms with Crippen molar-refractivity contribution in [2.75, 3.05) is 47.8 Å². The van der Waals surface area contributed by atoms with Crippen LogP contribution in [0.15, 0.2) is 0 Å². The molecule has 10 N–H and O–H groups in total. The van der Waals surface area contributed by atoms with Gasteiger partial charge in [-0.3, -0.25) is 0 Å². The molecule has 11 unspecified atom stereocenters. The van der Waals surface area contributed by atoms with Gasteiger partial charge in [-0.2, -0.15) is 0 Å². The number of methoxy groups -OCH3 is 3. The van der Waals surface area contributed by atoms with Crippen LogP contribution in [-0.4, -0.2) is 216 Å². The highest BCUT2D eigenvalue weighted by Crippen LogP contribution is 2.33. The first kappa shape index (κ1) is 38.0. The molecule has 4 rings (SSSR count). The van der Waals surface area contributed by atoms with E-state index in [0.29, 0.717) is 0 Å². The predicted molar refractivity (Wildman–Crippen MR) is 142 cm³/mol. The number of aliphatic hydroxyl groups excluding tert-OH is 10. The van der Waals surface area contributed by atoms with Crippen LogP contribution in [0.1, 0.15) is 0 Å². The summed E-state index contributed by atoms with van der Waals surface area (Å²) >= 11 is 0. The van der Waals surface area contributed by atoms with Gasteiger partial charge in [-0.05, 0) is 0 Å². The molecule has 19 atom stereocenters. The van der Waals surface area contributed by atoms with E-state index in [1.165, 1.54) is 21.3 Å². The topological polar surface area (TPSA) is 295 Å². The molecular weight excluding hydrogens is 632 g/mol. The molecule has 0 aromatic rings. The second kappa shape index (κ2) is 16.7. The number of ether oxygens (including phenoxy) is 10. The normalized spacial score (nSPS) is 50.4. The van der Waals surface area contributed by atoms with Crippen LogP contribution in [-0.2, 0) is 47.4 Å². The molecule has 0 bridgehead atoms. The van der Waals surface area contributed by atoms with Crippen molar-refractivity contribution in [3.05, 3.63) is 0 Å². The molecule has 0 amide bonds. The number of rotatable bonds is 12. The van der Waals surface area contributed by atoms with Crippen LogP contribution in [0, 0.1) is 0 Å². The lowest BCUT2D eigenvalue weighted by atomic mass is 9.96. The summed E-state index contributed by atoms with van der Waals surface area (Å²) in [6, 6.07) is 0. The van der Waals surface area contributed by atoms with E-state index in [-0.39, 0.29) is 6.61 Å². The molecule has 0 aromatic carbocycles.